The molecule has 2 atom stereocenters. The van der Waals surface area contributed by atoms with Crippen molar-refractivity contribution in [1.82, 2.24) is 27.3 Å². The first-order valence-electron chi connectivity index (χ1n) is 25.7. The zero-order chi connectivity index (χ0) is 49.3. The molecule has 2 unspecified atom stereocenters. The van der Waals surface area contributed by atoms with Gasteiger partial charge in [-0.1, -0.05) is 178 Å². The summed E-state index contributed by atoms with van der Waals surface area (Å²) in [6, 6.07) is 9.34. The zero-order valence-electron chi connectivity index (χ0n) is 41.5. The van der Waals surface area contributed by atoms with Crippen LogP contribution in [0.5, 0.6) is 0 Å². The maximum Gasteiger partial charge on any atom is 0.266 e. The summed E-state index contributed by atoms with van der Waals surface area (Å²) in [5.74, 6) is 1.11. The number of hydrogen-bond donors (Lipinski definition) is 0. The molecule has 6 aromatic rings. The summed E-state index contributed by atoms with van der Waals surface area (Å²) in [4.78, 5) is 36.6. The average molecular weight is 1090 g/mol. The SMILES string of the molecule is CCCCCCC(CCCC)Cc1cc(-c2cc3cc(-c4cc(CC(CCCC)CCCCCC)c(/C=C5\SC(=S)N(CC)C5=O)s4)c4nsnc4c3c3nsnc23)sc1/C=C1\SC(=S)N(CC)C1=O. The third-order valence-corrected chi connectivity index (χ3v) is 20.0. The largest absolute Gasteiger partial charge is 0.293 e. The summed E-state index contributed by atoms with van der Waals surface area (Å²) in [6.45, 7) is 14.2. The van der Waals surface area contributed by atoms with Crippen LogP contribution in [0.25, 0.3) is 65.9 Å². The molecule has 0 aliphatic carbocycles. The number of aromatic nitrogens is 4. The van der Waals surface area contributed by atoms with E-state index in [1.54, 1.807) is 32.5 Å². The number of likely N-dealkylation sites (N-methyl/N-ethyl adjacent to an activating group) is 2. The van der Waals surface area contributed by atoms with Crippen molar-refractivity contribution in [3.8, 4) is 20.9 Å². The van der Waals surface area contributed by atoms with Crippen LogP contribution in [-0.2, 0) is 22.4 Å². The summed E-state index contributed by atoms with van der Waals surface area (Å²) in [5.41, 5.74) is 8.05. The maximum atomic E-state index is 13.6. The zero-order valence-corrected chi connectivity index (χ0v) is 48.1. The van der Waals surface area contributed by atoms with E-state index in [2.05, 4.69) is 64.1 Å². The minimum atomic E-state index is -0.00903. The van der Waals surface area contributed by atoms with E-state index in [4.69, 9.17) is 41.9 Å². The molecule has 2 aromatic carbocycles. The summed E-state index contributed by atoms with van der Waals surface area (Å²) in [7, 11) is 0. The van der Waals surface area contributed by atoms with Crippen molar-refractivity contribution in [3.63, 3.8) is 0 Å². The van der Waals surface area contributed by atoms with Gasteiger partial charge in [-0.05, 0) is 91.5 Å². The van der Waals surface area contributed by atoms with Crippen LogP contribution in [0.4, 0.5) is 0 Å². The van der Waals surface area contributed by atoms with Crippen LogP contribution in [0.3, 0.4) is 0 Å². The van der Waals surface area contributed by atoms with Crippen LogP contribution < -0.4 is 0 Å². The normalized spacial score (nSPS) is 16.6. The topological polar surface area (TPSA) is 92.2 Å². The Balaban J connectivity index is 1.25. The van der Waals surface area contributed by atoms with Gasteiger partial charge in [0, 0.05) is 49.1 Å². The lowest BCUT2D eigenvalue weighted by Crippen LogP contribution is -2.27. The molecular formula is C54H66N6O2S8. The fourth-order valence-electron chi connectivity index (χ4n) is 9.98. The van der Waals surface area contributed by atoms with E-state index in [0.717, 1.165) is 76.3 Å². The van der Waals surface area contributed by atoms with Crippen molar-refractivity contribution in [1.29, 1.82) is 0 Å². The van der Waals surface area contributed by atoms with E-state index in [9.17, 15) is 9.59 Å². The van der Waals surface area contributed by atoms with Crippen LogP contribution in [-0.4, -0.2) is 60.8 Å². The third kappa shape index (κ3) is 12.0. The quantitative estimate of drug-likeness (QED) is 0.0297. The molecule has 16 heteroatoms. The predicted octanol–water partition coefficient (Wildman–Crippen LogP) is 17.4. The number of carbonyl (C=O) groups is 2. The van der Waals surface area contributed by atoms with Gasteiger partial charge in [-0.25, -0.2) is 0 Å². The molecule has 0 radical (unpaired) electrons. The Labute approximate surface area is 450 Å². The summed E-state index contributed by atoms with van der Waals surface area (Å²) < 4.78 is 21.2. The Bertz CT molecular complexity index is 2720. The first-order chi connectivity index (χ1) is 34.1. The van der Waals surface area contributed by atoms with Crippen molar-refractivity contribution in [2.45, 2.75) is 157 Å². The fourth-order valence-corrected chi connectivity index (χ4v) is 16.3. The molecule has 2 aliphatic rings. The van der Waals surface area contributed by atoms with Crippen molar-refractivity contribution >= 4 is 160 Å². The first kappa shape index (κ1) is 53.3. The molecule has 2 saturated heterocycles. The number of thiophene rings is 2. The number of carbonyl (C=O) groups excluding carboxylic acids is 2. The Morgan fingerprint density at radius 1 is 0.529 bits per heavy atom. The summed E-state index contributed by atoms with van der Waals surface area (Å²) >= 11 is 20.1. The second-order valence-corrected chi connectivity index (χ2v) is 25.4. The molecule has 2 aliphatic heterocycles. The van der Waals surface area contributed by atoms with Gasteiger partial charge in [-0.3, -0.25) is 19.4 Å². The number of unbranched alkanes of at least 4 members (excludes halogenated alkanes) is 8. The average Bonchev–Trinajstić information content (AvgIpc) is 4.23. The highest BCUT2D eigenvalue weighted by atomic mass is 32.2. The van der Waals surface area contributed by atoms with Crippen molar-refractivity contribution in [2.75, 3.05) is 13.1 Å². The summed E-state index contributed by atoms with van der Waals surface area (Å²) in [6.07, 6.45) is 25.8. The third-order valence-electron chi connectivity index (χ3n) is 13.8. The number of hydrogen-bond acceptors (Lipinski definition) is 14. The molecule has 6 heterocycles. The van der Waals surface area contributed by atoms with Gasteiger partial charge in [0.25, 0.3) is 11.8 Å². The highest BCUT2D eigenvalue weighted by Crippen LogP contribution is 2.47. The van der Waals surface area contributed by atoms with E-state index < -0.39 is 0 Å². The Hall–Kier alpha value is -2.96. The highest BCUT2D eigenvalue weighted by molar-refractivity contribution is 8.27. The minimum absolute atomic E-state index is 0.00903. The van der Waals surface area contributed by atoms with Gasteiger partial charge in [0.2, 0.25) is 0 Å². The Morgan fingerprint density at radius 3 is 1.31 bits per heavy atom. The number of rotatable bonds is 26. The van der Waals surface area contributed by atoms with Crippen LogP contribution in [0.2, 0.25) is 0 Å². The molecule has 0 saturated carbocycles. The number of amides is 2. The smallest absolute Gasteiger partial charge is 0.266 e. The second kappa shape index (κ2) is 25.3. The standard InChI is InChI=1S/C54H66N6O2S8/c1-7-13-17-19-23-33(21-15-9-3)25-35-29-42(65-40(35)31-44-51(61)59(11-5)53(63)67-44)38-27-37-28-39(48-50(58-70-56-48)46(37)49-47(38)55-69-57-49)43-30-36(26-34(22-16-10-4)24-20-18-14-8-2)41(66-43)32-45-52(62)60(12-6)54(64)68-45/h27-34H,7-26H2,1-6H3/b44-31-,45-32-. The fraction of sp³-hybridized carbons (Fsp3) is 0.519. The van der Waals surface area contributed by atoms with Gasteiger partial charge < -0.3 is 0 Å². The molecule has 2 fully saturated rings. The van der Waals surface area contributed by atoms with Crippen molar-refractivity contribution in [3.05, 3.63) is 55.0 Å². The molecule has 0 spiro atoms. The van der Waals surface area contributed by atoms with Crippen LogP contribution >= 0.6 is 94.1 Å². The molecule has 70 heavy (non-hydrogen) atoms. The first-order valence-corrected chi connectivity index (χ1v) is 31.3. The highest BCUT2D eigenvalue weighted by Gasteiger charge is 2.33. The van der Waals surface area contributed by atoms with Crippen LogP contribution in [0, 0.1) is 11.8 Å². The number of nitrogens with zero attached hydrogens (tertiary/aromatic N) is 6. The molecule has 8 rings (SSSR count). The van der Waals surface area contributed by atoms with Gasteiger partial charge in [0.05, 0.1) is 33.3 Å². The lowest BCUT2D eigenvalue weighted by Gasteiger charge is -2.17. The van der Waals surface area contributed by atoms with E-state index in [0.29, 0.717) is 43.4 Å². The Morgan fingerprint density at radius 2 is 0.929 bits per heavy atom. The molecule has 372 valence electrons. The van der Waals surface area contributed by atoms with Crippen LogP contribution in [0.15, 0.2) is 34.1 Å². The molecule has 8 nitrogen and oxygen atoms in total. The van der Waals surface area contributed by atoms with E-state index >= 15 is 0 Å². The van der Waals surface area contributed by atoms with Crippen LogP contribution in [0.1, 0.15) is 165 Å². The molecule has 4 aromatic heterocycles. The van der Waals surface area contributed by atoms with Gasteiger partial charge in [0.15, 0.2) is 0 Å². The summed E-state index contributed by atoms with van der Waals surface area (Å²) in [5, 5.41) is 2.01. The number of fused-ring (bicyclic) bond motifs is 5. The predicted molar refractivity (Wildman–Crippen MR) is 315 cm³/mol. The van der Waals surface area contributed by atoms with Gasteiger partial charge in [-0.15, -0.1) is 22.7 Å². The molecule has 0 bridgehead atoms. The lowest BCUT2D eigenvalue weighted by molar-refractivity contribution is -0.122. The molecular weight excluding hydrogens is 1020 g/mol. The second-order valence-electron chi connectivity index (χ2n) is 18.8. The number of thioether (sulfide) groups is 2. The molecule has 0 N–H and O–H groups in total. The van der Waals surface area contributed by atoms with Crippen molar-refractivity contribution in [2.24, 2.45) is 11.8 Å². The number of benzene rings is 2. The number of thiocarbonyl (C=S) groups is 2. The maximum absolute atomic E-state index is 13.6. The van der Waals surface area contributed by atoms with E-state index in [-0.39, 0.29) is 11.8 Å². The lowest BCUT2D eigenvalue weighted by atomic mass is 9.89. The Kier molecular flexibility index (Phi) is 19.3. The van der Waals surface area contributed by atoms with Gasteiger partial charge in [-0.2, -0.15) is 17.5 Å². The van der Waals surface area contributed by atoms with Crippen molar-refractivity contribution < 1.29 is 9.59 Å². The van der Waals surface area contributed by atoms with Gasteiger partial charge >= 0.3 is 0 Å². The minimum Gasteiger partial charge on any atom is -0.293 e. The van der Waals surface area contributed by atoms with E-state index in [1.165, 1.54) is 161 Å². The molecule has 2 amide bonds. The van der Waals surface area contributed by atoms with E-state index in [1.807, 2.05) is 13.8 Å². The van der Waals surface area contributed by atoms with Gasteiger partial charge in [0.1, 0.15) is 30.7 Å². The monoisotopic (exact) mass is 1090 g/mol.